The Hall–Kier alpha value is -4.26. The number of aromatic nitrogens is 2. The standard InChI is InChI=1S/C29H31N3O4/c1-34-25-19-22(20-26(35-2)28(25)36-3)29(33)30-17-9-16-27-31-23-14-7-8-15-24(23)32(27)18-10-13-21-11-5-4-6-12-21/h4-8,10-15,19-20H,9,16-18H2,1-3H3,(H,30,33)/b13-10+. The van der Waals surface area contributed by atoms with E-state index in [1.54, 1.807) is 12.1 Å². The first-order valence-corrected chi connectivity index (χ1v) is 11.9. The van der Waals surface area contributed by atoms with Crippen LogP contribution in [0.15, 0.2) is 72.8 Å². The van der Waals surface area contributed by atoms with Crippen molar-refractivity contribution in [1.29, 1.82) is 0 Å². The monoisotopic (exact) mass is 485 g/mol. The maximum Gasteiger partial charge on any atom is 0.251 e. The molecular weight excluding hydrogens is 454 g/mol. The predicted octanol–water partition coefficient (Wildman–Crippen LogP) is 5.14. The number of aryl methyl sites for hydroxylation is 1. The number of carbonyl (C=O) groups is 1. The molecule has 3 aromatic carbocycles. The zero-order valence-electron chi connectivity index (χ0n) is 20.9. The molecule has 0 saturated heterocycles. The van der Waals surface area contributed by atoms with Crippen LogP contribution in [0, 0.1) is 0 Å². The number of ether oxygens (including phenoxy) is 3. The van der Waals surface area contributed by atoms with Gasteiger partial charge in [-0.1, -0.05) is 54.6 Å². The van der Waals surface area contributed by atoms with Crippen LogP contribution in [0.1, 0.15) is 28.2 Å². The van der Waals surface area contributed by atoms with Crippen molar-refractivity contribution >= 4 is 23.0 Å². The number of hydrogen-bond acceptors (Lipinski definition) is 5. The summed E-state index contributed by atoms with van der Waals surface area (Å²) in [6, 6.07) is 21.7. The van der Waals surface area contributed by atoms with Crippen LogP contribution >= 0.6 is 0 Å². The third-order valence-electron chi connectivity index (χ3n) is 5.92. The lowest BCUT2D eigenvalue weighted by Gasteiger charge is -2.14. The Balaban J connectivity index is 1.41. The van der Waals surface area contributed by atoms with Crippen LogP contribution in [0.2, 0.25) is 0 Å². The number of amides is 1. The van der Waals surface area contributed by atoms with Gasteiger partial charge in [0.05, 0.1) is 32.4 Å². The van der Waals surface area contributed by atoms with Crippen LogP contribution in [-0.4, -0.2) is 43.3 Å². The summed E-state index contributed by atoms with van der Waals surface area (Å²) in [4.78, 5) is 17.6. The second kappa shape index (κ2) is 11.9. The van der Waals surface area contributed by atoms with Gasteiger partial charge in [0.1, 0.15) is 5.82 Å². The number of hydrogen-bond donors (Lipinski definition) is 1. The molecule has 1 N–H and O–H groups in total. The number of para-hydroxylation sites is 2. The third-order valence-corrected chi connectivity index (χ3v) is 5.92. The van der Waals surface area contributed by atoms with Gasteiger partial charge < -0.3 is 24.1 Å². The molecule has 0 aliphatic rings. The summed E-state index contributed by atoms with van der Waals surface area (Å²) < 4.78 is 18.3. The number of nitrogens with one attached hydrogen (secondary N) is 1. The van der Waals surface area contributed by atoms with Gasteiger partial charge in [-0.15, -0.1) is 0 Å². The Morgan fingerprint density at radius 3 is 2.33 bits per heavy atom. The van der Waals surface area contributed by atoms with E-state index in [1.165, 1.54) is 21.3 Å². The van der Waals surface area contributed by atoms with E-state index in [0.717, 1.165) is 41.8 Å². The lowest BCUT2D eigenvalue weighted by molar-refractivity contribution is 0.0952. The summed E-state index contributed by atoms with van der Waals surface area (Å²) in [5.41, 5.74) is 3.69. The highest BCUT2D eigenvalue weighted by Gasteiger charge is 2.17. The van der Waals surface area contributed by atoms with E-state index >= 15 is 0 Å². The number of allylic oxidation sites excluding steroid dienone is 1. The number of rotatable bonds is 11. The molecule has 0 radical (unpaired) electrons. The van der Waals surface area contributed by atoms with Gasteiger partial charge in [0, 0.05) is 25.1 Å². The highest BCUT2D eigenvalue weighted by molar-refractivity contribution is 5.95. The van der Waals surface area contributed by atoms with Gasteiger partial charge >= 0.3 is 0 Å². The van der Waals surface area contributed by atoms with Gasteiger partial charge in [0.15, 0.2) is 11.5 Å². The minimum absolute atomic E-state index is 0.200. The first-order valence-electron chi connectivity index (χ1n) is 11.9. The van der Waals surface area contributed by atoms with Gasteiger partial charge in [-0.2, -0.15) is 0 Å². The molecule has 0 aliphatic heterocycles. The van der Waals surface area contributed by atoms with Crippen LogP contribution in [0.4, 0.5) is 0 Å². The fourth-order valence-corrected chi connectivity index (χ4v) is 4.14. The van der Waals surface area contributed by atoms with Crippen LogP contribution in [-0.2, 0) is 13.0 Å². The lowest BCUT2D eigenvalue weighted by Crippen LogP contribution is -2.25. The van der Waals surface area contributed by atoms with E-state index in [4.69, 9.17) is 19.2 Å². The average Bonchev–Trinajstić information content (AvgIpc) is 3.27. The van der Waals surface area contributed by atoms with Crippen molar-refractivity contribution in [2.45, 2.75) is 19.4 Å². The lowest BCUT2D eigenvalue weighted by atomic mass is 10.1. The molecule has 4 aromatic rings. The van der Waals surface area contributed by atoms with E-state index in [-0.39, 0.29) is 5.91 Å². The van der Waals surface area contributed by atoms with Crippen molar-refractivity contribution in [3.63, 3.8) is 0 Å². The summed E-state index contributed by atoms with van der Waals surface area (Å²) in [6.45, 7) is 1.24. The average molecular weight is 486 g/mol. The molecule has 1 amide bonds. The molecule has 0 bridgehead atoms. The quantitative estimate of drug-likeness (QED) is 0.298. The van der Waals surface area contributed by atoms with Gasteiger partial charge in [0.25, 0.3) is 5.91 Å². The van der Waals surface area contributed by atoms with Crippen LogP contribution < -0.4 is 19.5 Å². The minimum Gasteiger partial charge on any atom is -0.493 e. The molecule has 0 atom stereocenters. The first-order chi connectivity index (χ1) is 17.6. The molecule has 7 nitrogen and oxygen atoms in total. The summed E-state index contributed by atoms with van der Waals surface area (Å²) in [6.07, 6.45) is 5.76. The predicted molar refractivity (Wildman–Crippen MR) is 142 cm³/mol. The van der Waals surface area contributed by atoms with E-state index in [1.807, 2.05) is 36.4 Å². The fourth-order valence-electron chi connectivity index (χ4n) is 4.14. The van der Waals surface area contributed by atoms with Crippen molar-refractivity contribution in [3.8, 4) is 17.2 Å². The van der Waals surface area contributed by atoms with Gasteiger partial charge in [-0.05, 0) is 36.2 Å². The minimum atomic E-state index is -0.200. The molecule has 0 aliphatic carbocycles. The molecule has 4 rings (SSSR count). The zero-order chi connectivity index (χ0) is 25.3. The molecule has 0 spiro atoms. The van der Waals surface area contributed by atoms with Crippen LogP contribution in [0.3, 0.4) is 0 Å². The number of nitrogens with zero attached hydrogens (tertiary/aromatic N) is 2. The molecule has 186 valence electrons. The van der Waals surface area contributed by atoms with Crippen molar-refractivity contribution in [2.75, 3.05) is 27.9 Å². The second-order valence-electron chi connectivity index (χ2n) is 8.21. The third kappa shape index (κ3) is 5.68. The SMILES string of the molecule is COc1cc(C(=O)NCCCc2nc3ccccc3n2C/C=C/c2ccccc2)cc(OC)c1OC. The molecular formula is C29H31N3O4. The molecule has 1 aromatic heterocycles. The van der Waals surface area contributed by atoms with E-state index < -0.39 is 0 Å². The van der Waals surface area contributed by atoms with E-state index in [2.05, 4.69) is 40.2 Å². The summed E-state index contributed by atoms with van der Waals surface area (Å²) >= 11 is 0. The Morgan fingerprint density at radius 1 is 0.944 bits per heavy atom. The van der Waals surface area contributed by atoms with Gasteiger partial charge in [-0.3, -0.25) is 4.79 Å². The van der Waals surface area contributed by atoms with Crippen molar-refractivity contribution in [1.82, 2.24) is 14.9 Å². The normalized spacial score (nSPS) is 11.1. The highest BCUT2D eigenvalue weighted by Crippen LogP contribution is 2.38. The van der Waals surface area contributed by atoms with Crippen LogP contribution in [0.5, 0.6) is 17.2 Å². The molecule has 0 unspecified atom stereocenters. The van der Waals surface area contributed by atoms with Crippen molar-refractivity contribution in [2.24, 2.45) is 0 Å². The fraction of sp³-hybridized carbons (Fsp3) is 0.241. The molecule has 0 fully saturated rings. The molecule has 0 saturated carbocycles. The smallest absolute Gasteiger partial charge is 0.251 e. The van der Waals surface area contributed by atoms with Crippen molar-refractivity contribution < 1.29 is 19.0 Å². The Labute approximate surface area is 211 Å². The maximum atomic E-state index is 12.8. The van der Waals surface area contributed by atoms with E-state index in [0.29, 0.717) is 29.4 Å². The highest BCUT2D eigenvalue weighted by atomic mass is 16.5. The molecule has 7 heteroatoms. The number of carbonyl (C=O) groups excluding carboxylic acids is 1. The summed E-state index contributed by atoms with van der Waals surface area (Å²) in [5, 5.41) is 2.99. The summed E-state index contributed by atoms with van der Waals surface area (Å²) in [5.74, 6) is 2.14. The molecule has 1 heterocycles. The largest absolute Gasteiger partial charge is 0.493 e. The number of benzene rings is 3. The number of fused-ring (bicyclic) bond motifs is 1. The Morgan fingerprint density at radius 2 is 1.64 bits per heavy atom. The molecule has 36 heavy (non-hydrogen) atoms. The zero-order valence-corrected chi connectivity index (χ0v) is 20.9. The Kier molecular flexibility index (Phi) is 8.24. The number of imidazole rings is 1. The van der Waals surface area contributed by atoms with E-state index in [9.17, 15) is 4.79 Å². The van der Waals surface area contributed by atoms with Gasteiger partial charge in [-0.25, -0.2) is 4.98 Å². The van der Waals surface area contributed by atoms with Gasteiger partial charge in [0.2, 0.25) is 5.75 Å². The topological polar surface area (TPSA) is 74.6 Å². The van der Waals surface area contributed by atoms with Crippen LogP contribution in [0.25, 0.3) is 17.1 Å². The first kappa shape index (κ1) is 24.9. The Bertz CT molecular complexity index is 1320. The summed E-state index contributed by atoms with van der Waals surface area (Å²) in [7, 11) is 4.59. The van der Waals surface area contributed by atoms with Crippen molar-refractivity contribution in [3.05, 3.63) is 89.8 Å². The number of methoxy groups -OCH3 is 3. The maximum absolute atomic E-state index is 12.8. The second-order valence-corrected chi connectivity index (χ2v) is 8.21.